The molecule has 0 radical (unpaired) electrons. The van der Waals surface area contributed by atoms with Crippen molar-refractivity contribution in [2.75, 3.05) is 11.9 Å². The number of rotatable bonds is 5. The van der Waals surface area contributed by atoms with Crippen molar-refractivity contribution in [2.24, 2.45) is 0 Å². The second-order valence-corrected chi connectivity index (χ2v) is 8.10. The molecule has 1 N–H and O–H groups in total. The number of hydrogen-bond acceptors (Lipinski definition) is 4. The number of anilines is 1. The molecule has 1 atom stereocenters. The molecule has 0 spiro atoms. The van der Waals surface area contributed by atoms with Crippen molar-refractivity contribution in [1.29, 1.82) is 0 Å². The summed E-state index contributed by atoms with van der Waals surface area (Å²) in [7, 11) is 0. The molecule has 34 heavy (non-hydrogen) atoms. The highest BCUT2D eigenvalue weighted by atomic mass is 19.4. The van der Waals surface area contributed by atoms with Crippen molar-refractivity contribution in [1.82, 2.24) is 14.9 Å². The van der Waals surface area contributed by atoms with Crippen LogP contribution in [0.2, 0.25) is 0 Å². The minimum absolute atomic E-state index is 0.0309. The van der Waals surface area contributed by atoms with Gasteiger partial charge < -0.3 is 10.2 Å². The van der Waals surface area contributed by atoms with E-state index in [-0.39, 0.29) is 28.4 Å². The van der Waals surface area contributed by atoms with Crippen LogP contribution in [0, 0.1) is 18.6 Å². The van der Waals surface area contributed by atoms with Gasteiger partial charge in [0.25, 0.3) is 5.91 Å². The Morgan fingerprint density at radius 2 is 1.85 bits per heavy atom. The van der Waals surface area contributed by atoms with Crippen molar-refractivity contribution in [3.63, 3.8) is 0 Å². The Kier molecular flexibility index (Phi) is 6.01. The van der Waals surface area contributed by atoms with Crippen LogP contribution in [0.1, 0.15) is 52.6 Å². The van der Waals surface area contributed by atoms with Crippen molar-refractivity contribution < 1.29 is 26.7 Å². The van der Waals surface area contributed by atoms with Crippen molar-refractivity contribution in [3.05, 3.63) is 76.1 Å². The number of nitrogens with one attached hydrogen (secondary N) is 1. The molecule has 0 fully saturated rings. The first-order valence-corrected chi connectivity index (χ1v) is 10.6. The molecular formula is C24H21F5N4O. The van der Waals surface area contributed by atoms with E-state index in [0.717, 1.165) is 18.2 Å². The predicted octanol–water partition coefficient (Wildman–Crippen LogP) is 5.90. The number of carbonyl (C=O) groups excluding carboxylic acids is 1. The minimum atomic E-state index is -4.65. The first-order chi connectivity index (χ1) is 16.0. The molecule has 1 aliphatic rings. The summed E-state index contributed by atoms with van der Waals surface area (Å²) >= 11 is 0. The maximum atomic E-state index is 15.0. The molecular weight excluding hydrogens is 455 g/mol. The van der Waals surface area contributed by atoms with Crippen molar-refractivity contribution >= 4 is 11.7 Å². The maximum Gasteiger partial charge on any atom is 0.416 e. The summed E-state index contributed by atoms with van der Waals surface area (Å²) in [4.78, 5) is 22.3. The van der Waals surface area contributed by atoms with Gasteiger partial charge in [0, 0.05) is 40.7 Å². The fourth-order valence-electron chi connectivity index (χ4n) is 4.01. The number of pyridine rings is 2. The number of nitrogens with zero attached hydrogens (tertiary/aromatic N) is 3. The number of hydrogen-bond donors (Lipinski definition) is 1. The van der Waals surface area contributed by atoms with Gasteiger partial charge in [-0.2, -0.15) is 13.2 Å². The predicted molar refractivity (Wildman–Crippen MR) is 116 cm³/mol. The van der Waals surface area contributed by atoms with Gasteiger partial charge in [-0.05, 0) is 51.1 Å². The first-order valence-electron chi connectivity index (χ1n) is 10.6. The van der Waals surface area contributed by atoms with Gasteiger partial charge in [0.05, 0.1) is 23.8 Å². The molecule has 4 rings (SSSR count). The Morgan fingerprint density at radius 3 is 2.53 bits per heavy atom. The van der Waals surface area contributed by atoms with E-state index < -0.39 is 29.4 Å². The zero-order valence-electron chi connectivity index (χ0n) is 18.6. The lowest BCUT2D eigenvalue weighted by molar-refractivity contribution is -0.137. The minimum Gasteiger partial charge on any atom is -0.363 e. The van der Waals surface area contributed by atoms with E-state index in [9.17, 15) is 22.4 Å². The molecule has 1 amide bonds. The second kappa shape index (κ2) is 8.66. The molecule has 0 bridgehead atoms. The Balaban J connectivity index is 1.66. The van der Waals surface area contributed by atoms with Gasteiger partial charge in [-0.25, -0.2) is 13.8 Å². The van der Waals surface area contributed by atoms with Crippen LogP contribution in [0.25, 0.3) is 11.3 Å². The van der Waals surface area contributed by atoms with E-state index in [1.807, 2.05) is 6.92 Å². The van der Waals surface area contributed by atoms with E-state index in [2.05, 4.69) is 15.3 Å². The van der Waals surface area contributed by atoms with E-state index in [1.165, 1.54) is 13.1 Å². The zero-order valence-corrected chi connectivity index (χ0v) is 18.6. The normalized spacial score (nSPS) is 14.4. The van der Waals surface area contributed by atoms with Gasteiger partial charge in [0.15, 0.2) is 0 Å². The summed E-state index contributed by atoms with van der Waals surface area (Å²) in [6, 6.07) is 4.18. The maximum absolute atomic E-state index is 15.0. The van der Waals surface area contributed by atoms with Crippen LogP contribution < -0.4 is 5.32 Å². The number of benzene rings is 1. The summed E-state index contributed by atoms with van der Waals surface area (Å²) in [5.41, 5.74) is -0.512. The van der Waals surface area contributed by atoms with Gasteiger partial charge in [-0.1, -0.05) is 0 Å². The van der Waals surface area contributed by atoms with Crippen LogP contribution in [0.3, 0.4) is 0 Å². The molecule has 1 aromatic carbocycles. The molecule has 0 saturated carbocycles. The molecule has 0 unspecified atom stereocenters. The Morgan fingerprint density at radius 1 is 1.12 bits per heavy atom. The SMILES string of the molecule is CCN1Cc2c(ccnc2N[C@@H](C)c2cc(F)c(-c3cc(C(F)(F)F)cc(C)n3)cc2F)C1=O. The zero-order chi connectivity index (χ0) is 24.8. The Labute approximate surface area is 192 Å². The molecule has 2 aromatic heterocycles. The van der Waals surface area contributed by atoms with Crippen LogP contribution in [-0.4, -0.2) is 27.3 Å². The molecule has 3 heterocycles. The summed E-state index contributed by atoms with van der Waals surface area (Å²) in [6.45, 7) is 5.67. The smallest absolute Gasteiger partial charge is 0.363 e. The van der Waals surface area contributed by atoms with Crippen LogP contribution in [-0.2, 0) is 12.7 Å². The molecule has 0 aliphatic carbocycles. The first kappa shape index (κ1) is 23.6. The van der Waals surface area contributed by atoms with Crippen molar-refractivity contribution in [2.45, 2.75) is 39.5 Å². The van der Waals surface area contributed by atoms with Gasteiger partial charge in [-0.3, -0.25) is 9.78 Å². The number of halogens is 5. The fourth-order valence-corrected chi connectivity index (χ4v) is 4.01. The number of fused-ring (bicyclic) bond motifs is 1. The molecule has 5 nitrogen and oxygen atoms in total. The van der Waals surface area contributed by atoms with E-state index in [1.54, 1.807) is 17.9 Å². The number of alkyl halides is 3. The molecule has 1 aliphatic heterocycles. The largest absolute Gasteiger partial charge is 0.416 e. The molecule has 3 aromatic rings. The third kappa shape index (κ3) is 4.32. The summed E-state index contributed by atoms with van der Waals surface area (Å²) < 4.78 is 69.4. The number of aryl methyl sites for hydroxylation is 1. The third-order valence-corrected chi connectivity index (χ3v) is 5.77. The average Bonchev–Trinajstić information content (AvgIpc) is 3.10. The third-order valence-electron chi connectivity index (χ3n) is 5.77. The Hall–Kier alpha value is -3.56. The summed E-state index contributed by atoms with van der Waals surface area (Å²) in [5.74, 6) is -1.46. The molecule has 178 valence electrons. The lowest BCUT2D eigenvalue weighted by Crippen LogP contribution is -2.22. The number of carbonyl (C=O) groups is 1. The lowest BCUT2D eigenvalue weighted by atomic mass is 10.0. The highest BCUT2D eigenvalue weighted by Gasteiger charge is 2.32. The number of aromatic nitrogens is 2. The van der Waals surface area contributed by atoms with E-state index in [4.69, 9.17) is 0 Å². The summed E-state index contributed by atoms with van der Waals surface area (Å²) in [6.07, 6.45) is -3.18. The quantitative estimate of drug-likeness (QED) is 0.466. The topological polar surface area (TPSA) is 58.1 Å². The van der Waals surface area contributed by atoms with E-state index in [0.29, 0.717) is 36.1 Å². The van der Waals surface area contributed by atoms with Gasteiger partial charge in [0.1, 0.15) is 17.5 Å². The van der Waals surface area contributed by atoms with Crippen LogP contribution in [0.5, 0.6) is 0 Å². The second-order valence-electron chi connectivity index (χ2n) is 8.10. The fraction of sp³-hybridized carbons (Fsp3) is 0.292. The highest BCUT2D eigenvalue weighted by Crippen LogP contribution is 2.35. The highest BCUT2D eigenvalue weighted by molar-refractivity contribution is 5.99. The van der Waals surface area contributed by atoms with Crippen LogP contribution in [0.15, 0.2) is 36.5 Å². The monoisotopic (exact) mass is 476 g/mol. The standard InChI is InChI=1S/C24H21F5N4O/c1-4-33-11-18-15(23(33)34)5-6-30-22(18)32-13(3)16-9-20(26)17(10-19(16)25)21-8-14(24(27,28)29)7-12(2)31-21/h5-10,13H,4,11H2,1-3H3,(H,30,32)/t13-/m0/s1. The van der Waals surface area contributed by atoms with Crippen LogP contribution >= 0.6 is 0 Å². The van der Waals surface area contributed by atoms with Gasteiger partial charge >= 0.3 is 6.18 Å². The summed E-state index contributed by atoms with van der Waals surface area (Å²) in [5, 5.41) is 3.03. The van der Waals surface area contributed by atoms with Crippen molar-refractivity contribution in [3.8, 4) is 11.3 Å². The Bertz CT molecular complexity index is 1270. The molecule has 0 saturated heterocycles. The number of amides is 1. The average molecular weight is 476 g/mol. The van der Waals surface area contributed by atoms with Gasteiger partial charge in [0.2, 0.25) is 0 Å². The van der Waals surface area contributed by atoms with E-state index >= 15 is 4.39 Å². The van der Waals surface area contributed by atoms with Crippen LogP contribution in [0.4, 0.5) is 27.8 Å². The lowest BCUT2D eigenvalue weighted by Gasteiger charge is -2.19. The van der Waals surface area contributed by atoms with Gasteiger partial charge in [-0.15, -0.1) is 0 Å². The molecule has 10 heteroatoms.